The Kier molecular flexibility index (Phi) is 5.19. The van der Waals surface area contributed by atoms with E-state index in [9.17, 15) is 4.79 Å². The van der Waals surface area contributed by atoms with Gasteiger partial charge in [-0.3, -0.25) is 9.78 Å². The van der Waals surface area contributed by atoms with Crippen molar-refractivity contribution < 1.29 is 9.53 Å². The Morgan fingerprint density at radius 2 is 1.86 bits per heavy atom. The number of ether oxygens (including phenoxy) is 1. The first kappa shape index (κ1) is 19.0. The highest BCUT2D eigenvalue weighted by Crippen LogP contribution is 2.35. The minimum Gasteiger partial charge on any atom is -0.489 e. The zero-order valence-electron chi connectivity index (χ0n) is 15.9. The van der Waals surface area contributed by atoms with Crippen molar-refractivity contribution in [2.24, 2.45) is 5.73 Å². The Hall–Kier alpha value is -3.37. The Morgan fingerprint density at radius 3 is 2.69 bits per heavy atom. The van der Waals surface area contributed by atoms with Crippen LogP contribution < -0.4 is 10.5 Å². The van der Waals surface area contributed by atoms with Gasteiger partial charge in [-0.15, -0.1) is 0 Å². The number of benzene rings is 3. The number of hydrogen-bond donors (Lipinski definition) is 1. The summed E-state index contributed by atoms with van der Waals surface area (Å²) in [5.41, 5.74) is 10.7. The van der Waals surface area contributed by atoms with E-state index in [1.807, 2.05) is 61.7 Å². The van der Waals surface area contributed by atoms with E-state index in [1.165, 1.54) is 0 Å². The summed E-state index contributed by atoms with van der Waals surface area (Å²) in [6, 6.07) is 20.8. The normalized spacial score (nSPS) is 10.8. The number of para-hydroxylation sites is 1. The number of halogens is 1. The number of pyridine rings is 1. The molecule has 0 saturated carbocycles. The molecule has 0 saturated heterocycles. The highest BCUT2D eigenvalue weighted by molar-refractivity contribution is 6.35. The van der Waals surface area contributed by atoms with Crippen molar-refractivity contribution in [2.45, 2.75) is 13.5 Å². The van der Waals surface area contributed by atoms with Gasteiger partial charge in [-0.25, -0.2) is 0 Å². The molecule has 0 aliphatic rings. The van der Waals surface area contributed by atoms with E-state index >= 15 is 0 Å². The first-order valence-corrected chi connectivity index (χ1v) is 9.56. The molecule has 4 aromatic rings. The van der Waals surface area contributed by atoms with Gasteiger partial charge in [0.05, 0.1) is 10.5 Å². The zero-order chi connectivity index (χ0) is 20.4. The number of carbonyl (C=O) groups excluding carboxylic acids is 1. The number of aromatic nitrogens is 1. The molecule has 1 heterocycles. The summed E-state index contributed by atoms with van der Waals surface area (Å²) < 4.78 is 5.97. The highest BCUT2D eigenvalue weighted by atomic mass is 35.5. The van der Waals surface area contributed by atoms with Gasteiger partial charge >= 0.3 is 0 Å². The van der Waals surface area contributed by atoms with Gasteiger partial charge in [-0.2, -0.15) is 0 Å². The van der Waals surface area contributed by atoms with Gasteiger partial charge in [0.2, 0.25) is 5.91 Å². The van der Waals surface area contributed by atoms with Crippen LogP contribution in [0.2, 0.25) is 5.02 Å². The molecule has 5 heteroatoms. The summed E-state index contributed by atoms with van der Waals surface area (Å²) in [7, 11) is 0. The van der Waals surface area contributed by atoms with Crippen molar-refractivity contribution >= 4 is 28.4 Å². The van der Waals surface area contributed by atoms with E-state index in [0.29, 0.717) is 17.2 Å². The number of hydrogen-bond acceptors (Lipinski definition) is 3. The minimum absolute atomic E-state index is 0.340. The summed E-state index contributed by atoms with van der Waals surface area (Å²) in [6.45, 7) is 2.37. The largest absolute Gasteiger partial charge is 0.489 e. The number of amides is 1. The molecule has 0 fully saturated rings. The fourth-order valence-electron chi connectivity index (χ4n) is 3.39. The van der Waals surface area contributed by atoms with Gasteiger partial charge in [0, 0.05) is 17.1 Å². The molecule has 4 nitrogen and oxygen atoms in total. The van der Waals surface area contributed by atoms with Crippen LogP contribution in [0.4, 0.5) is 0 Å². The predicted molar refractivity (Wildman–Crippen MR) is 116 cm³/mol. The standard InChI is InChI=1S/C24H19ClN2O2/c1-15-13-27-23-20(9-4-10-21(23)25)22(15)17-6-3-8-19(12-17)29-14-16-5-2-7-18(11-16)24(26)28/h2-13H,14H2,1H3,(H2,26,28). The van der Waals surface area contributed by atoms with Crippen LogP contribution in [0.15, 0.2) is 72.9 Å². The molecule has 2 N–H and O–H groups in total. The third-order valence-electron chi connectivity index (χ3n) is 4.78. The van der Waals surface area contributed by atoms with E-state index in [2.05, 4.69) is 4.98 Å². The fraction of sp³-hybridized carbons (Fsp3) is 0.0833. The Bertz CT molecular complexity index is 1220. The van der Waals surface area contributed by atoms with Gasteiger partial charge in [0.25, 0.3) is 0 Å². The summed E-state index contributed by atoms with van der Waals surface area (Å²) in [5.74, 6) is 0.283. The second kappa shape index (κ2) is 7.94. The van der Waals surface area contributed by atoms with Gasteiger partial charge in [0.15, 0.2) is 0 Å². The quantitative estimate of drug-likeness (QED) is 0.476. The van der Waals surface area contributed by atoms with Crippen LogP contribution in [0.25, 0.3) is 22.0 Å². The van der Waals surface area contributed by atoms with Crippen LogP contribution >= 0.6 is 11.6 Å². The third-order valence-corrected chi connectivity index (χ3v) is 5.08. The lowest BCUT2D eigenvalue weighted by Gasteiger charge is -2.13. The van der Waals surface area contributed by atoms with Crippen molar-refractivity contribution in [3.63, 3.8) is 0 Å². The number of rotatable bonds is 5. The Morgan fingerprint density at radius 1 is 1.07 bits per heavy atom. The van der Waals surface area contributed by atoms with Crippen LogP contribution in [0.5, 0.6) is 5.75 Å². The first-order chi connectivity index (χ1) is 14.0. The molecule has 0 aliphatic carbocycles. The Balaban J connectivity index is 1.66. The maximum absolute atomic E-state index is 11.4. The smallest absolute Gasteiger partial charge is 0.248 e. The SMILES string of the molecule is Cc1cnc2c(Cl)cccc2c1-c1cccc(OCc2cccc(C(N)=O)c2)c1. The molecule has 144 valence electrons. The van der Waals surface area contributed by atoms with E-state index in [0.717, 1.165) is 38.9 Å². The predicted octanol–water partition coefficient (Wildman–Crippen LogP) is 5.54. The number of nitrogens with two attached hydrogens (primary N) is 1. The van der Waals surface area contributed by atoms with Crippen molar-refractivity contribution in [1.82, 2.24) is 4.98 Å². The molecule has 3 aromatic carbocycles. The molecule has 0 unspecified atom stereocenters. The van der Waals surface area contributed by atoms with Crippen LogP contribution in [-0.4, -0.2) is 10.9 Å². The molecule has 0 radical (unpaired) electrons. The molecule has 29 heavy (non-hydrogen) atoms. The number of carbonyl (C=O) groups is 1. The van der Waals surface area contributed by atoms with Crippen LogP contribution in [0.1, 0.15) is 21.5 Å². The number of fused-ring (bicyclic) bond motifs is 1. The number of aryl methyl sites for hydroxylation is 1. The molecule has 1 amide bonds. The molecule has 0 aliphatic heterocycles. The molecule has 0 bridgehead atoms. The number of primary amides is 1. The second-order valence-electron chi connectivity index (χ2n) is 6.83. The van der Waals surface area contributed by atoms with Crippen molar-refractivity contribution in [2.75, 3.05) is 0 Å². The third kappa shape index (κ3) is 3.93. The topological polar surface area (TPSA) is 65.2 Å². The molecule has 0 spiro atoms. The van der Waals surface area contributed by atoms with E-state index in [4.69, 9.17) is 22.1 Å². The van der Waals surface area contributed by atoms with Crippen molar-refractivity contribution in [3.8, 4) is 16.9 Å². The monoisotopic (exact) mass is 402 g/mol. The number of nitrogens with zero attached hydrogens (tertiary/aromatic N) is 1. The minimum atomic E-state index is -0.451. The van der Waals surface area contributed by atoms with E-state index in [1.54, 1.807) is 18.2 Å². The second-order valence-corrected chi connectivity index (χ2v) is 7.24. The fourth-order valence-corrected chi connectivity index (χ4v) is 3.62. The van der Waals surface area contributed by atoms with Crippen LogP contribution in [0, 0.1) is 6.92 Å². The lowest BCUT2D eigenvalue weighted by Crippen LogP contribution is -2.11. The summed E-state index contributed by atoms with van der Waals surface area (Å²) in [4.78, 5) is 15.8. The summed E-state index contributed by atoms with van der Waals surface area (Å²) in [6.07, 6.45) is 1.84. The molecular weight excluding hydrogens is 384 g/mol. The molecule has 0 atom stereocenters. The average molecular weight is 403 g/mol. The maximum atomic E-state index is 11.4. The van der Waals surface area contributed by atoms with E-state index in [-0.39, 0.29) is 0 Å². The lowest BCUT2D eigenvalue weighted by molar-refractivity contribution is 0.1000. The Labute approximate surface area is 173 Å². The van der Waals surface area contributed by atoms with Gasteiger partial charge in [-0.1, -0.05) is 48.0 Å². The average Bonchev–Trinajstić information content (AvgIpc) is 2.73. The van der Waals surface area contributed by atoms with Crippen LogP contribution in [-0.2, 0) is 6.61 Å². The molecule has 1 aromatic heterocycles. The van der Waals surface area contributed by atoms with Crippen molar-refractivity contribution in [3.05, 3.63) is 94.6 Å². The van der Waals surface area contributed by atoms with Gasteiger partial charge < -0.3 is 10.5 Å². The summed E-state index contributed by atoms with van der Waals surface area (Å²) in [5, 5.41) is 1.63. The van der Waals surface area contributed by atoms with Crippen molar-refractivity contribution in [1.29, 1.82) is 0 Å². The first-order valence-electron chi connectivity index (χ1n) is 9.19. The maximum Gasteiger partial charge on any atom is 0.248 e. The van der Waals surface area contributed by atoms with E-state index < -0.39 is 5.91 Å². The molecular formula is C24H19ClN2O2. The lowest BCUT2D eigenvalue weighted by atomic mass is 9.97. The summed E-state index contributed by atoms with van der Waals surface area (Å²) >= 11 is 6.33. The van der Waals surface area contributed by atoms with Gasteiger partial charge in [-0.05, 0) is 59.5 Å². The van der Waals surface area contributed by atoms with Gasteiger partial charge in [0.1, 0.15) is 12.4 Å². The molecule has 4 rings (SSSR count). The zero-order valence-corrected chi connectivity index (χ0v) is 16.6. The highest BCUT2D eigenvalue weighted by Gasteiger charge is 2.11. The van der Waals surface area contributed by atoms with Crippen LogP contribution in [0.3, 0.4) is 0 Å².